The fourth-order valence-electron chi connectivity index (χ4n) is 2.87. The highest BCUT2D eigenvalue weighted by molar-refractivity contribution is 7.99. The van der Waals surface area contributed by atoms with E-state index in [-0.39, 0.29) is 11.3 Å². The van der Waals surface area contributed by atoms with Crippen LogP contribution in [0.25, 0.3) is 0 Å². The van der Waals surface area contributed by atoms with Gasteiger partial charge in [0.2, 0.25) is 0 Å². The second-order valence-electron chi connectivity index (χ2n) is 5.02. The van der Waals surface area contributed by atoms with Crippen molar-refractivity contribution in [1.82, 2.24) is 4.90 Å². The Labute approximate surface area is 125 Å². The van der Waals surface area contributed by atoms with Crippen LogP contribution in [0, 0.1) is 0 Å². The molecule has 0 aliphatic carbocycles. The van der Waals surface area contributed by atoms with E-state index in [1.807, 2.05) is 40.6 Å². The van der Waals surface area contributed by atoms with E-state index >= 15 is 0 Å². The number of rotatable bonds is 0. The van der Waals surface area contributed by atoms with Gasteiger partial charge in [-0.2, -0.15) is 0 Å². The maximum Gasteiger partial charge on any atom is 0.255 e. The fourth-order valence-corrected chi connectivity index (χ4v) is 5.09. The molecule has 3 nitrogen and oxygen atoms in total. The van der Waals surface area contributed by atoms with Crippen LogP contribution in [0.5, 0.6) is 0 Å². The lowest BCUT2D eigenvalue weighted by Crippen LogP contribution is -2.28. The van der Waals surface area contributed by atoms with E-state index in [4.69, 9.17) is 0 Å². The van der Waals surface area contributed by atoms with Gasteiger partial charge in [0.15, 0.2) is 0 Å². The number of thioether (sulfide) groups is 1. The quantitative estimate of drug-likeness (QED) is 0.812. The van der Waals surface area contributed by atoms with Crippen LogP contribution in [0.2, 0.25) is 0 Å². The van der Waals surface area contributed by atoms with Gasteiger partial charge in [0, 0.05) is 16.2 Å². The van der Waals surface area contributed by atoms with Gasteiger partial charge in [-0.1, -0.05) is 18.2 Å². The van der Waals surface area contributed by atoms with Crippen molar-refractivity contribution in [2.45, 2.75) is 18.0 Å². The smallest absolute Gasteiger partial charge is 0.255 e. The summed E-state index contributed by atoms with van der Waals surface area (Å²) in [4.78, 5) is 15.6. The molecule has 0 radical (unpaired) electrons. The maximum atomic E-state index is 12.6. The molecule has 1 amide bonds. The molecule has 0 spiro atoms. The topological polar surface area (TPSA) is 40.5 Å². The zero-order valence-corrected chi connectivity index (χ0v) is 12.3. The number of carbonyl (C=O) groups excluding carboxylic acids is 1. The lowest BCUT2D eigenvalue weighted by molar-refractivity contribution is 0.0758. The largest absolute Gasteiger partial charge is 0.388 e. The molecule has 3 heterocycles. The molecule has 0 unspecified atom stereocenters. The lowest BCUT2D eigenvalue weighted by Gasteiger charge is -2.28. The Hall–Kier alpha value is -1.30. The average Bonchev–Trinajstić information content (AvgIpc) is 3.01. The summed E-state index contributed by atoms with van der Waals surface area (Å²) in [7, 11) is 0. The Kier molecular flexibility index (Phi) is 2.87. The molecule has 2 aromatic rings. The zero-order valence-electron chi connectivity index (χ0n) is 10.7. The third-order valence-electron chi connectivity index (χ3n) is 3.87. The summed E-state index contributed by atoms with van der Waals surface area (Å²) in [5.74, 6) is 0.723. The van der Waals surface area contributed by atoms with Crippen molar-refractivity contribution in [1.29, 1.82) is 0 Å². The number of thiophene rings is 1. The van der Waals surface area contributed by atoms with Gasteiger partial charge in [0.1, 0.15) is 5.37 Å². The first kappa shape index (κ1) is 12.4. The Bertz CT molecular complexity index is 682. The highest BCUT2D eigenvalue weighted by Crippen LogP contribution is 2.46. The first-order chi connectivity index (χ1) is 9.75. The third kappa shape index (κ3) is 1.74. The predicted molar refractivity (Wildman–Crippen MR) is 80.8 cm³/mol. The summed E-state index contributed by atoms with van der Waals surface area (Å²) < 4.78 is 0. The number of amides is 1. The average molecular weight is 303 g/mol. The van der Waals surface area contributed by atoms with Crippen molar-refractivity contribution >= 4 is 29.0 Å². The number of hydrogen-bond donors (Lipinski definition) is 1. The minimum Gasteiger partial charge on any atom is -0.388 e. The van der Waals surface area contributed by atoms with Crippen LogP contribution in [0.1, 0.15) is 37.8 Å². The fraction of sp³-hybridized carbons (Fsp3) is 0.267. The number of benzene rings is 1. The monoisotopic (exact) mass is 303 g/mol. The summed E-state index contributed by atoms with van der Waals surface area (Å²) in [6.07, 6.45) is -0.439. The van der Waals surface area contributed by atoms with Gasteiger partial charge < -0.3 is 10.0 Å². The van der Waals surface area contributed by atoms with Crippen LogP contribution >= 0.6 is 23.1 Å². The molecule has 2 aliphatic rings. The molecular weight excluding hydrogens is 290 g/mol. The molecule has 4 rings (SSSR count). The van der Waals surface area contributed by atoms with Gasteiger partial charge in [0.05, 0.1) is 12.6 Å². The van der Waals surface area contributed by atoms with Crippen LogP contribution in [-0.4, -0.2) is 21.7 Å². The molecule has 0 saturated heterocycles. The Morgan fingerprint density at radius 2 is 2.05 bits per heavy atom. The molecule has 1 N–H and O–H groups in total. The number of hydrogen-bond acceptors (Lipinski definition) is 4. The molecule has 2 aliphatic heterocycles. The Morgan fingerprint density at radius 3 is 2.95 bits per heavy atom. The highest BCUT2D eigenvalue weighted by atomic mass is 32.2. The van der Waals surface area contributed by atoms with Crippen LogP contribution in [0.3, 0.4) is 0 Å². The second-order valence-corrected chi connectivity index (χ2v) is 7.13. The maximum absolute atomic E-state index is 12.6. The molecule has 102 valence electrons. The van der Waals surface area contributed by atoms with E-state index in [0.29, 0.717) is 12.3 Å². The third-order valence-corrected chi connectivity index (χ3v) is 6.12. The van der Waals surface area contributed by atoms with Gasteiger partial charge in [-0.25, -0.2) is 0 Å². The number of aliphatic hydroxyl groups is 1. The molecule has 20 heavy (non-hydrogen) atoms. The zero-order chi connectivity index (χ0) is 13.7. The summed E-state index contributed by atoms with van der Waals surface area (Å²) in [5.41, 5.74) is 2.86. The van der Waals surface area contributed by atoms with Crippen LogP contribution in [0.4, 0.5) is 0 Å². The molecule has 1 aromatic heterocycles. The second kappa shape index (κ2) is 4.62. The SMILES string of the molecule is O=C1c2ccccc2[C@@H]2SC[C@H](O)c3ccsc3CN12. The minimum atomic E-state index is -0.439. The number of carbonyl (C=O) groups is 1. The van der Waals surface area contributed by atoms with Crippen molar-refractivity contribution < 1.29 is 9.90 Å². The van der Waals surface area contributed by atoms with E-state index in [1.165, 1.54) is 0 Å². The summed E-state index contributed by atoms with van der Waals surface area (Å²) in [6, 6.07) is 9.78. The number of aliphatic hydroxyl groups excluding tert-OH is 1. The Morgan fingerprint density at radius 1 is 1.20 bits per heavy atom. The Balaban J connectivity index is 1.80. The van der Waals surface area contributed by atoms with Crippen molar-refractivity contribution in [3.8, 4) is 0 Å². The minimum absolute atomic E-state index is 0.0311. The summed E-state index contributed by atoms with van der Waals surface area (Å²) >= 11 is 3.27. The van der Waals surface area contributed by atoms with Gasteiger partial charge in [-0.15, -0.1) is 23.1 Å². The van der Waals surface area contributed by atoms with E-state index in [2.05, 4.69) is 0 Å². The first-order valence-electron chi connectivity index (χ1n) is 6.51. The van der Waals surface area contributed by atoms with Crippen LogP contribution in [0.15, 0.2) is 35.7 Å². The van der Waals surface area contributed by atoms with E-state index in [9.17, 15) is 9.90 Å². The summed E-state index contributed by atoms with van der Waals surface area (Å²) in [6.45, 7) is 0.592. The summed E-state index contributed by atoms with van der Waals surface area (Å²) in [5, 5.41) is 12.3. The molecular formula is C15H13NO2S2. The highest BCUT2D eigenvalue weighted by Gasteiger charge is 2.39. The van der Waals surface area contributed by atoms with Crippen molar-refractivity contribution in [2.24, 2.45) is 0 Å². The molecule has 1 aromatic carbocycles. The van der Waals surface area contributed by atoms with Gasteiger partial charge in [0.25, 0.3) is 5.91 Å². The molecule has 5 heteroatoms. The molecule has 2 atom stereocenters. The van der Waals surface area contributed by atoms with Gasteiger partial charge in [-0.3, -0.25) is 4.79 Å². The van der Waals surface area contributed by atoms with Crippen LogP contribution in [-0.2, 0) is 6.54 Å². The normalized spacial score (nSPS) is 24.6. The van der Waals surface area contributed by atoms with Gasteiger partial charge in [-0.05, 0) is 28.6 Å². The molecule has 0 bridgehead atoms. The molecule has 0 fully saturated rings. The van der Waals surface area contributed by atoms with Crippen LogP contribution < -0.4 is 0 Å². The van der Waals surface area contributed by atoms with E-state index in [0.717, 1.165) is 21.6 Å². The van der Waals surface area contributed by atoms with Gasteiger partial charge >= 0.3 is 0 Å². The standard InChI is InChI=1S/C15H13NO2S2/c17-12-8-20-15-10-4-2-1-3-9(10)14(18)16(15)7-13-11(12)5-6-19-13/h1-6,12,15,17H,7-8H2/t12-,15-/m0/s1. The van der Waals surface area contributed by atoms with Crippen molar-refractivity contribution in [2.75, 3.05) is 5.75 Å². The molecule has 0 saturated carbocycles. The lowest BCUT2D eigenvalue weighted by atomic mass is 10.1. The van der Waals surface area contributed by atoms with Crippen molar-refractivity contribution in [3.05, 3.63) is 57.3 Å². The number of nitrogens with zero attached hydrogens (tertiary/aromatic N) is 1. The first-order valence-corrected chi connectivity index (χ1v) is 8.44. The predicted octanol–water partition coefficient (Wildman–Crippen LogP) is 3.18. The van der Waals surface area contributed by atoms with E-state index < -0.39 is 6.10 Å². The van der Waals surface area contributed by atoms with E-state index in [1.54, 1.807) is 23.1 Å². The number of fused-ring (bicyclic) bond motifs is 4. The van der Waals surface area contributed by atoms with Crippen molar-refractivity contribution in [3.63, 3.8) is 0 Å².